The molecule has 3 rings (SSSR count). The van der Waals surface area contributed by atoms with Crippen molar-refractivity contribution < 1.29 is 4.79 Å². The molecule has 3 nitrogen and oxygen atoms in total. The first-order valence-electron chi connectivity index (χ1n) is 6.69. The Morgan fingerprint density at radius 3 is 3.00 bits per heavy atom. The molecular formula is C15H14BrClN2O. The smallest absolute Gasteiger partial charge is 0.213 e. The standard InChI is InChI=1S/C15H14BrClN2O/c1-2-3-4-12-18-15(17)13-14(20)11-7-10(16)6-5-9(11)8-19(12)13/h5-7H,2-4,8H2,1H3. The Kier molecular flexibility index (Phi) is 3.69. The maximum Gasteiger partial charge on any atom is 0.213 e. The SMILES string of the molecule is CCCCc1nc(Cl)c2n1Cc1ccc(Br)cc1C2=O. The van der Waals surface area contributed by atoms with Gasteiger partial charge in [0.15, 0.2) is 5.15 Å². The van der Waals surface area contributed by atoms with E-state index in [-0.39, 0.29) is 5.78 Å². The lowest BCUT2D eigenvalue weighted by molar-refractivity contribution is 0.102. The lowest BCUT2D eigenvalue weighted by Gasteiger charge is -2.19. The number of nitrogens with zero attached hydrogens (tertiary/aromatic N) is 2. The highest BCUT2D eigenvalue weighted by Gasteiger charge is 2.29. The Labute approximate surface area is 131 Å². The number of rotatable bonds is 3. The summed E-state index contributed by atoms with van der Waals surface area (Å²) in [6.07, 6.45) is 3.00. The zero-order valence-electron chi connectivity index (χ0n) is 11.1. The van der Waals surface area contributed by atoms with Crippen LogP contribution < -0.4 is 0 Å². The van der Waals surface area contributed by atoms with Crippen molar-refractivity contribution in [2.75, 3.05) is 0 Å². The summed E-state index contributed by atoms with van der Waals surface area (Å²) >= 11 is 9.59. The van der Waals surface area contributed by atoms with E-state index in [0.717, 1.165) is 40.7 Å². The molecule has 0 atom stereocenters. The number of ketones is 1. The van der Waals surface area contributed by atoms with Crippen molar-refractivity contribution in [3.8, 4) is 0 Å². The number of aromatic nitrogens is 2. The molecule has 0 saturated carbocycles. The van der Waals surface area contributed by atoms with E-state index in [0.29, 0.717) is 17.4 Å². The molecule has 0 saturated heterocycles. The predicted octanol–water partition coefficient (Wildman–Crippen LogP) is 4.23. The third-order valence-corrected chi connectivity index (χ3v) is 4.37. The van der Waals surface area contributed by atoms with Crippen molar-refractivity contribution in [3.63, 3.8) is 0 Å². The van der Waals surface area contributed by atoms with E-state index in [4.69, 9.17) is 11.6 Å². The van der Waals surface area contributed by atoms with E-state index in [1.165, 1.54) is 0 Å². The second-order valence-electron chi connectivity index (χ2n) is 4.99. The molecule has 0 spiro atoms. The Bertz CT molecular complexity index is 693. The van der Waals surface area contributed by atoms with Crippen LogP contribution in [0.25, 0.3) is 0 Å². The maximum absolute atomic E-state index is 12.6. The van der Waals surface area contributed by atoms with E-state index in [9.17, 15) is 4.79 Å². The lowest BCUT2D eigenvalue weighted by atomic mass is 9.98. The minimum absolute atomic E-state index is 0.0344. The quantitative estimate of drug-likeness (QED) is 0.706. The molecule has 1 aromatic carbocycles. The molecular weight excluding hydrogens is 340 g/mol. The van der Waals surface area contributed by atoms with E-state index in [1.54, 1.807) is 0 Å². The lowest BCUT2D eigenvalue weighted by Crippen LogP contribution is -2.21. The van der Waals surface area contributed by atoms with Crippen LogP contribution in [0.15, 0.2) is 22.7 Å². The van der Waals surface area contributed by atoms with Gasteiger partial charge in [0, 0.05) is 16.5 Å². The molecule has 2 aromatic rings. The molecule has 1 aromatic heterocycles. The number of benzene rings is 1. The fourth-order valence-electron chi connectivity index (χ4n) is 2.58. The van der Waals surface area contributed by atoms with Gasteiger partial charge in [-0.3, -0.25) is 4.79 Å². The Balaban J connectivity index is 2.08. The van der Waals surface area contributed by atoms with Crippen molar-refractivity contribution in [2.24, 2.45) is 0 Å². The number of halogens is 2. The average Bonchev–Trinajstić information content (AvgIpc) is 2.74. The topological polar surface area (TPSA) is 34.9 Å². The van der Waals surface area contributed by atoms with Gasteiger partial charge in [0.2, 0.25) is 5.78 Å². The molecule has 2 heterocycles. The van der Waals surface area contributed by atoms with Gasteiger partial charge in [-0.25, -0.2) is 4.98 Å². The second-order valence-corrected chi connectivity index (χ2v) is 6.26. The monoisotopic (exact) mass is 352 g/mol. The minimum Gasteiger partial charge on any atom is -0.319 e. The van der Waals surface area contributed by atoms with Crippen LogP contribution >= 0.6 is 27.5 Å². The van der Waals surface area contributed by atoms with Crippen LogP contribution in [0.5, 0.6) is 0 Å². The number of carbonyl (C=O) groups is 1. The highest BCUT2D eigenvalue weighted by Crippen LogP contribution is 2.30. The third kappa shape index (κ3) is 2.21. The molecule has 0 amide bonds. The van der Waals surface area contributed by atoms with Crippen LogP contribution in [0.3, 0.4) is 0 Å². The molecule has 0 radical (unpaired) electrons. The van der Waals surface area contributed by atoms with Crippen molar-refractivity contribution in [1.29, 1.82) is 0 Å². The van der Waals surface area contributed by atoms with Crippen LogP contribution in [0.1, 0.15) is 47.2 Å². The van der Waals surface area contributed by atoms with Gasteiger partial charge >= 0.3 is 0 Å². The fraction of sp³-hybridized carbons (Fsp3) is 0.333. The predicted molar refractivity (Wildman–Crippen MR) is 82.5 cm³/mol. The van der Waals surface area contributed by atoms with Gasteiger partial charge in [-0.2, -0.15) is 0 Å². The molecule has 0 fully saturated rings. The van der Waals surface area contributed by atoms with Crippen molar-refractivity contribution in [2.45, 2.75) is 32.7 Å². The molecule has 1 aliphatic rings. The van der Waals surface area contributed by atoms with Crippen LogP contribution in [0.2, 0.25) is 5.15 Å². The summed E-state index contributed by atoms with van der Waals surface area (Å²) in [5.74, 6) is 0.876. The van der Waals surface area contributed by atoms with Gasteiger partial charge < -0.3 is 4.57 Å². The van der Waals surface area contributed by atoms with Gasteiger partial charge in [-0.1, -0.05) is 46.9 Å². The first-order valence-corrected chi connectivity index (χ1v) is 7.87. The number of aryl methyl sites for hydroxylation is 1. The average molecular weight is 354 g/mol. The maximum atomic E-state index is 12.6. The normalized spacial score (nSPS) is 13.2. The molecule has 0 N–H and O–H groups in total. The van der Waals surface area contributed by atoms with E-state index >= 15 is 0 Å². The van der Waals surface area contributed by atoms with Crippen LogP contribution in [-0.2, 0) is 13.0 Å². The van der Waals surface area contributed by atoms with Crippen LogP contribution in [-0.4, -0.2) is 15.3 Å². The summed E-state index contributed by atoms with van der Waals surface area (Å²) in [7, 11) is 0. The Hall–Kier alpha value is -1.13. The summed E-state index contributed by atoms with van der Waals surface area (Å²) in [4.78, 5) is 17.0. The highest BCUT2D eigenvalue weighted by atomic mass is 79.9. The minimum atomic E-state index is -0.0344. The van der Waals surface area contributed by atoms with E-state index in [2.05, 4.69) is 27.8 Å². The van der Waals surface area contributed by atoms with Crippen LogP contribution in [0.4, 0.5) is 0 Å². The zero-order chi connectivity index (χ0) is 14.3. The van der Waals surface area contributed by atoms with E-state index < -0.39 is 0 Å². The van der Waals surface area contributed by atoms with Gasteiger partial charge in [-0.05, 0) is 24.1 Å². The number of carbonyl (C=O) groups excluding carboxylic acids is 1. The molecule has 1 aliphatic heterocycles. The Morgan fingerprint density at radius 1 is 1.45 bits per heavy atom. The largest absolute Gasteiger partial charge is 0.319 e. The zero-order valence-corrected chi connectivity index (χ0v) is 13.5. The van der Waals surface area contributed by atoms with Gasteiger partial charge in [-0.15, -0.1) is 0 Å². The molecule has 0 unspecified atom stereocenters. The van der Waals surface area contributed by atoms with Crippen molar-refractivity contribution in [1.82, 2.24) is 9.55 Å². The van der Waals surface area contributed by atoms with Gasteiger partial charge in [0.25, 0.3) is 0 Å². The number of fused-ring (bicyclic) bond motifs is 2. The second kappa shape index (κ2) is 5.34. The van der Waals surface area contributed by atoms with Crippen molar-refractivity contribution >= 4 is 33.3 Å². The number of unbranched alkanes of at least 4 members (excludes halogenated alkanes) is 1. The molecule has 20 heavy (non-hydrogen) atoms. The molecule has 5 heteroatoms. The van der Waals surface area contributed by atoms with Gasteiger partial charge in [0.05, 0.1) is 6.54 Å². The summed E-state index contributed by atoms with van der Waals surface area (Å²) in [5.41, 5.74) is 2.27. The number of imidazole rings is 1. The highest BCUT2D eigenvalue weighted by molar-refractivity contribution is 9.10. The van der Waals surface area contributed by atoms with E-state index in [1.807, 2.05) is 22.8 Å². The Morgan fingerprint density at radius 2 is 2.25 bits per heavy atom. The summed E-state index contributed by atoms with van der Waals surface area (Å²) in [6, 6.07) is 5.80. The summed E-state index contributed by atoms with van der Waals surface area (Å²) in [6.45, 7) is 2.81. The molecule has 104 valence electrons. The van der Waals surface area contributed by atoms with Crippen molar-refractivity contribution in [3.05, 3.63) is 50.5 Å². The summed E-state index contributed by atoms with van der Waals surface area (Å²) < 4.78 is 2.87. The fourth-order valence-corrected chi connectivity index (χ4v) is 3.22. The molecule has 0 bridgehead atoms. The number of hydrogen-bond donors (Lipinski definition) is 0. The first kappa shape index (κ1) is 13.8. The van der Waals surface area contributed by atoms with Crippen LogP contribution in [0, 0.1) is 0 Å². The third-order valence-electron chi connectivity index (χ3n) is 3.62. The first-order chi connectivity index (χ1) is 9.61. The molecule has 0 aliphatic carbocycles. The number of hydrogen-bond acceptors (Lipinski definition) is 2. The van der Waals surface area contributed by atoms with Gasteiger partial charge in [0.1, 0.15) is 11.5 Å². The summed E-state index contributed by atoms with van der Waals surface area (Å²) in [5, 5.41) is 0.326.